The third-order valence-electron chi connectivity index (χ3n) is 2.29. The van der Waals surface area contributed by atoms with Gasteiger partial charge in [0.25, 0.3) is 0 Å². The van der Waals surface area contributed by atoms with Gasteiger partial charge in [0.05, 0.1) is 0 Å². The van der Waals surface area contributed by atoms with Gasteiger partial charge in [-0.15, -0.1) is 0 Å². The highest BCUT2D eigenvalue weighted by Gasteiger charge is 2.14. The fourth-order valence-electron chi connectivity index (χ4n) is 1.44. The molecule has 0 amide bonds. The van der Waals surface area contributed by atoms with Crippen LogP contribution < -0.4 is 11.1 Å². The second-order valence-corrected chi connectivity index (χ2v) is 5.64. The maximum atomic E-state index is 13.7. The van der Waals surface area contributed by atoms with Gasteiger partial charge in [-0.05, 0) is 24.8 Å². The second-order valence-electron chi connectivity index (χ2n) is 3.88. The van der Waals surface area contributed by atoms with E-state index in [0.717, 1.165) is 23.6 Å². The summed E-state index contributed by atoms with van der Waals surface area (Å²) >= 11 is 6.40. The Morgan fingerprint density at radius 1 is 1.44 bits per heavy atom. The molecule has 2 nitrogen and oxygen atoms in total. The van der Waals surface area contributed by atoms with Crippen LogP contribution in [0.1, 0.15) is 19.4 Å². The van der Waals surface area contributed by atoms with Crippen LogP contribution in [0.25, 0.3) is 0 Å². The van der Waals surface area contributed by atoms with E-state index in [2.05, 4.69) is 5.32 Å². The average molecular weight is 290 g/mol. The summed E-state index contributed by atoms with van der Waals surface area (Å²) in [6, 6.07) is 2.27. The molecule has 6 heteroatoms. The molecule has 0 heterocycles. The molecule has 0 aliphatic heterocycles. The van der Waals surface area contributed by atoms with Gasteiger partial charge >= 0.3 is 0 Å². The molecule has 0 saturated carbocycles. The number of anilines is 1. The largest absolute Gasteiger partial charge is 0.389 e. The normalized spacial score (nSPS) is 12.2. The van der Waals surface area contributed by atoms with E-state index in [1.165, 1.54) is 0 Å². The Morgan fingerprint density at radius 3 is 2.44 bits per heavy atom. The van der Waals surface area contributed by atoms with Gasteiger partial charge in [-0.2, -0.15) is 11.8 Å². The van der Waals surface area contributed by atoms with Gasteiger partial charge < -0.3 is 11.1 Å². The van der Waals surface area contributed by atoms with Crippen LogP contribution in [-0.4, -0.2) is 22.5 Å². The highest BCUT2D eigenvalue weighted by Crippen LogP contribution is 2.22. The van der Waals surface area contributed by atoms with Crippen molar-refractivity contribution in [1.29, 1.82) is 0 Å². The molecule has 0 bridgehead atoms. The molecule has 100 valence electrons. The number of nitrogens with one attached hydrogen (secondary N) is 1. The molecule has 1 unspecified atom stereocenters. The molecule has 3 N–H and O–H groups in total. The van der Waals surface area contributed by atoms with Crippen molar-refractivity contribution in [2.45, 2.75) is 19.9 Å². The quantitative estimate of drug-likeness (QED) is 0.789. The van der Waals surface area contributed by atoms with Gasteiger partial charge in [-0.25, -0.2) is 8.78 Å². The lowest BCUT2D eigenvalue weighted by Crippen LogP contribution is -2.20. The molecule has 1 aromatic rings. The Labute approximate surface area is 115 Å². The molecule has 1 aromatic carbocycles. The van der Waals surface area contributed by atoms with Crippen molar-refractivity contribution in [3.05, 3.63) is 29.3 Å². The Hall–Kier alpha value is -0.880. The van der Waals surface area contributed by atoms with Crippen LogP contribution in [-0.2, 0) is 0 Å². The molecule has 1 rings (SSSR count). The van der Waals surface area contributed by atoms with Crippen molar-refractivity contribution in [3.8, 4) is 0 Å². The summed E-state index contributed by atoms with van der Waals surface area (Å²) in [7, 11) is 0. The summed E-state index contributed by atoms with van der Waals surface area (Å²) in [5, 5.41) is 2.82. The van der Waals surface area contributed by atoms with Crippen LogP contribution in [0.4, 0.5) is 14.5 Å². The first-order chi connectivity index (χ1) is 8.45. The number of rotatable bonds is 6. The van der Waals surface area contributed by atoms with Gasteiger partial charge in [0.15, 0.2) is 0 Å². The molecule has 0 fully saturated rings. The van der Waals surface area contributed by atoms with Crippen LogP contribution >= 0.6 is 24.0 Å². The maximum Gasteiger partial charge on any atom is 0.150 e. The standard InChI is InChI=1S/C12H16F2N2S2/c1-3-18-6-7(2)16-11-9(13)4-8(12(15)17)5-10(11)14/h4-5,7,16H,3,6H2,1-2H3,(H2,15,17). The molecule has 0 aliphatic carbocycles. The summed E-state index contributed by atoms with van der Waals surface area (Å²) in [6.07, 6.45) is 0. The second kappa shape index (κ2) is 6.89. The molecular formula is C12H16F2N2S2. The summed E-state index contributed by atoms with van der Waals surface area (Å²) in [6.45, 7) is 3.92. The first kappa shape index (κ1) is 15.2. The van der Waals surface area contributed by atoms with E-state index in [-0.39, 0.29) is 22.3 Å². The smallest absolute Gasteiger partial charge is 0.150 e. The molecule has 0 spiro atoms. The number of thiocarbonyl (C=S) groups is 1. The van der Waals surface area contributed by atoms with Crippen LogP contribution in [0.2, 0.25) is 0 Å². The Morgan fingerprint density at radius 2 is 2.00 bits per heavy atom. The third-order valence-corrected chi connectivity index (χ3v) is 3.67. The monoisotopic (exact) mass is 290 g/mol. The fraction of sp³-hybridized carbons (Fsp3) is 0.417. The van der Waals surface area contributed by atoms with Gasteiger partial charge in [0, 0.05) is 17.4 Å². The number of hydrogen-bond acceptors (Lipinski definition) is 3. The fourth-order valence-corrected chi connectivity index (χ4v) is 2.23. The third kappa shape index (κ3) is 4.10. The van der Waals surface area contributed by atoms with Crippen LogP contribution in [0, 0.1) is 11.6 Å². The number of hydrogen-bond donors (Lipinski definition) is 2. The average Bonchev–Trinajstić information content (AvgIpc) is 2.30. The van der Waals surface area contributed by atoms with E-state index in [0.29, 0.717) is 0 Å². The highest BCUT2D eigenvalue weighted by atomic mass is 32.2. The molecule has 18 heavy (non-hydrogen) atoms. The summed E-state index contributed by atoms with van der Waals surface area (Å²) < 4.78 is 27.5. The molecule has 0 saturated heterocycles. The number of halogens is 2. The van der Waals surface area contributed by atoms with Crippen molar-refractivity contribution >= 4 is 34.7 Å². The zero-order chi connectivity index (χ0) is 13.7. The minimum Gasteiger partial charge on any atom is -0.389 e. The maximum absolute atomic E-state index is 13.7. The predicted molar refractivity (Wildman–Crippen MR) is 78.3 cm³/mol. The van der Waals surface area contributed by atoms with Crippen molar-refractivity contribution in [2.75, 3.05) is 16.8 Å². The molecular weight excluding hydrogens is 274 g/mol. The van der Waals surface area contributed by atoms with Crippen molar-refractivity contribution in [1.82, 2.24) is 0 Å². The summed E-state index contributed by atoms with van der Waals surface area (Å²) in [5.41, 5.74) is 5.41. The number of nitrogens with two attached hydrogens (primary N) is 1. The van der Waals surface area contributed by atoms with E-state index in [9.17, 15) is 8.78 Å². The van der Waals surface area contributed by atoms with E-state index in [1.54, 1.807) is 11.8 Å². The zero-order valence-electron chi connectivity index (χ0n) is 10.3. The number of thioether (sulfide) groups is 1. The lowest BCUT2D eigenvalue weighted by Gasteiger charge is -2.16. The van der Waals surface area contributed by atoms with Gasteiger partial charge in [0.1, 0.15) is 22.3 Å². The van der Waals surface area contributed by atoms with Crippen molar-refractivity contribution < 1.29 is 8.78 Å². The SMILES string of the molecule is CCSCC(C)Nc1c(F)cc(C(N)=S)cc1F. The lowest BCUT2D eigenvalue weighted by atomic mass is 10.1. The Bertz CT molecular complexity index is 415. The lowest BCUT2D eigenvalue weighted by molar-refractivity contribution is 0.585. The molecule has 1 atom stereocenters. The van der Waals surface area contributed by atoms with E-state index in [1.807, 2.05) is 13.8 Å². The topological polar surface area (TPSA) is 38.0 Å². The first-order valence-electron chi connectivity index (χ1n) is 5.58. The van der Waals surface area contributed by atoms with Crippen molar-refractivity contribution in [3.63, 3.8) is 0 Å². The Kier molecular flexibility index (Phi) is 5.81. The van der Waals surface area contributed by atoms with Gasteiger partial charge in [-0.3, -0.25) is 0 Å². The van der Waals surface area contributed by atoms with E-state index in [4.69, 9.17) is 18.0 Å². The highest BCUT2D eigenvalue weighted by molar-refractivity contribution is 7.99. The van der Waals surface area contributed by atoms with Crippen LogP contribution in [0.3, 0.4) is 0 Å². The van der Waals surface area contributed by atoms with E-state index >= 15 is 0 Å². The van der Waals surface area contributed by atoms with Crippen LogP contribution in [0.15, 0.2) is 12.1 Å². The predicted octanol–water partition coefficient (Wildman–Crippen LogP) is 3.15. The number of benzene rings is 1. The molecule has 0 radical (unpaired) electrons. The van der Waals surface area contributed by atoms with E-state index < -0.39 is 11.6 Å². The Balaban J connectivity index is 2.86. The molecule has 0 aliphatic rings. The van der Waals surface area contributed by atoms with Gasteiger partial charge in [0.2, 0.25) is 0 Å². The summed E-state index contributed by atoms with van der Waals surface area (Å²) in [4.78, 5) is -0.0195. The van der Waals surface area contributed by atoms with Crippen LogP contribution in [0.5, 0.6) is 0 Å². The van der Waals surface area contributed by atoms with Gasteiger partial charge in [-0.1, -0.05) is 19.1 Å². The minimum absolute atomic E-state index is 0.0189. The van der Waals surface area contributed by atoms with Crippen molar-refractivity contribution in [2.24, 2.45) is 5.73 Å². The zero-order valence-corrected chi connectivity index (χ0v) is 11.9. The molecule has 0 aromatic heterocycles. The minimum atomic E-state index is -0.675. The summed E-state index contributed by atoms with van der Waals surface area (Å²) in [5.74, 6) is 0.404. The first-order valence-corrected chi connectivity index (χ1v) is 7.15.